The Morgan fingerprint density at radius 2 is 0.828 bits per heavy atom. The number of ether oxygens (including phenoxy) is 1. The zero-order chi connectivity index (χ0) is 42.2. The molecule has 0 radical (unpaired) electrons. The van der Waals surface area contributed by atoms with Gasteiger partial charge in [-0.25, -0.2) is 19.9 Å². The van der Waals surface area contributed by atoms with E-state index < -0.39 is 5.41 Å². The van der Waals surface area contributed by atoms with E-state index in [0.29, 0.717) is 17.5 Å². The first-order chi connectivity index (χ1) is 31.7. The number of aromatic nitrogens is 4. The van der Waals surface area contributed by atoms with Gasteiger partial charge < -0.3 is 4.74 Å². The maximum Gasteiger partial charge on any atom is 0.164 e. The fourth-order valence-corrected chi connectivity index (χ4v) is 10.1. The zero-order valence-corrected chi connectivity index (χ0v) is 34.5. The van der Waals surface area contributed by atoms with Crippen molar-refractivity contribution in [2.75, 3.05) is 0 Å². The number of para-hydroxylation sites is 2. The summed E-state index contributed by atoms with van der Waals surface area (Å²) < 4.78 is 6.66. The van der Waals surface area contributed by atoms with Crippen molar-refractivity contribution in [3.05, 3.63) is 241 Å². The van der Waals surface area contributed by atoms with Gasteiger partial charge in [-0.2, -0.15) is 0 Å². The van der Waals surface area contributed by atoms with Gasteiger partial charge in [0.25, 0.3) is 0 Å². The quantitative estimate of drug-likeness (QED) is 0.162. The first kappa shape index (κ1) is 36.1. The van der Waals surface area contributed by atoms with Crippen molar-refractivity contribution < 1.29 is 4.74 Å². The molecule has 0 unspecified atom stereocenters. The average Bonchev–Trinajstić information content (AvgIpc) is 3.65. The van der Waals surface area contributed by atoms with Gasteiger partial charge in [-0.05, 0) is 75.2 Å². The van der Waals surface area contributed by atoms with Crippen molar-refractivity contribution in [2.24, 2.45) is 0 Å². The molecule has 0 atom stereocenters. The van der Waals surface area contributed by atoms with E-state index in [1.165, 1.54) is 22.3 Å². The summed E-state index contributed by atoms with van der Waals surface area (Å²) in [6.07, 6.45) is 0. The Hall–Kier alpha value is -8.54. The summed E-state index contributed by atoms with van der Waals surface area (Å²) in [6.45, 7) is 0. The lowest BCUT2D eigenvalue weighted by atomic mass is 9.66. The van der Waals surface area contributed by atoms with Crippen LogP contribution in [-0.4, -0.2) is 19.9 Å². The molecule has 1 aliphatic carbocycles. The number of fused-ring (bicyclic) bond motifs is 12. The zero-order valence-electron chi connectivity index (χ0n) is 34.5. The molecule has 1 spiro atoms. The maximum absolute atomic E-state index is 6.66. The van der Waals surface area contributed by atoms with Crippen molar-refractivity contribution in [1.82, 2.24) is 19.9 Å². The number of hydrogen-bond donors (Lipinski definition) is 0. The van der Waals surface area contributed by atoms with Crippen LogP contribution >= 0.6 is 0 Å². The number of nitrogens with zero attached hydrogens (tertiary/aromatic N) is 4. The van der Waals surface area contributed by atoms with Gasteiger partial charge in [0.2, 0.25) is 0 Å². The van der Waals surface area contributed by atoms with E-state index in [1.54, 1.807) is 0 Å². The molecule has 0 saturated heterocycles. The third-order valence-electron chi connectivity index (χ3n) is 13.0. The minimum atomic E-state index is -0.596. The summed E-state index contributed by atoms with van der Waals surface area (Å²) >= 11 is 0. The molecule has 13 rings (SSSR count). The van der Waals surface area contributed by atoms with Crippen LogP contribution in [0.2, 0.25) is 0 Å². The fourth-order valence-electron chi connectivity index (χ4n) is 10.1. The van der Waals surface area contributed by atoms with E-state index >= 15 is 0 Å². The van der Waals surface area contributed by atoms with Gasteiger partial charge in [0.15, 0.2) is 17.5 Å². The topological polar surface area (TPSA) is 60.8 Å². The summed E-state index contributed by atoms with van der Waals surface area (Å²) in [5, 5.41) is 3.27. The summed E-state index contributed by atoms with van der Waals surface area (Å²) in [7, 11) is 0. The number of hydrogen-bond acceptors (Lipinski definition) is 5. The Kier molecular flexibility index (Phi) is 8.06. The first-order valence-electron chi connectivity index (χ1n) is 21.6. The third kappa shape index (κ3) is 5.51. The van der Waals surface area contributed by atoms with Gasteiger partial charge in [0.1, 0.15) is 11.5 Å². The minimum absolute atomic E-state index is 0.581. The minimum Gasteiger partial charge on any atom is -0.457 e. The second-order valence-electron chi connectivity index (χ2n) is 16.5. The van der Waals surface area contributed by atoms with Gasteiger partial charge in [0, 0.05) is 44.2 Å². The Balaban J connectivity index is 1.06. The number of rotatable bonds is 5. The molecule has 298 valence electrons. The molecule has 0 saturated carbocycles. The van der Waals surface area contributed by atoms with Crippen molar-refractivity contribution in [3.8, 4) is 79.2 Å². The van der Waals surface area contributed by atoms with Gasteiger partial charge >= 0.3 is 0 Å². The molecule has 64 heavy (non-hydrogen) atoms. The van der Waals surface area contributed by atoms with Crippen LogP contribution in [0.25, 0.3) is 89.4 Å². The molecule has 2 aliphatic rings. The Bertz CT molecular complexity index is 3600. The Labute approximate surface area is 370 Å². The summed E-state index contributed by atoms with van der Waals surface area (Å²) in [5.74, 6) is 3.54. The van der Waals surface area contributed by atoms with Crippen LogP contribution in [0.4, 0.5) is 0 Å². The van der Waals surface area contributed by atoms with Crippen molar-refractivity contribution in [1.29, 1.82) is 0 Å². The molecule has 9 aromatic carbocycles. The Morgan fingerprint density at radius 1 is 0.297 bits per heavy atom. The third-order valence-corrected chi connectivity index (χ3v) is 13.0. The largest absolute Gasteiger partial charge is 0.457 e. The Morgan fingerprint density at radius 3 is 1.52 bits per heavy atom. The molecule has 1 aliphatic heterocycles. The number of pyridine rings is 1. The standard InChI is InChI=1S/C59H36N4O/c1-4-17-37(18-5-1)40-23-16-24-41(33-40)57-61-56(39-21-8-3-9-22-39)62-58(63-57)42-31-32-44-45-36-51-46(35-47(45)55(60-52(44)34-42)38-19-6-2-7-20-38)43-25-10-11-26-48(43)59(51)49-27-12-14-29-53(49)64-54-30-15-13-28-50(54)59/h1-36H. The van der Waals surface area contributed by atoms with Crippen LogP contribution in [0.5, 0.6) is 11.5 Å². The molecular weight excluding hydrogens is 781 g/mol. The van der Waals surface area contributed by atoms with Crippen LogP contribution in [0.15, 0.2) is 218 Å². The van der Waals surface area contributed by atoms with Crippen LogP contribution < -0.4 is 4.74 Å². The highest BCUT2D eigenvalue weighted by Crippen LogP contribution is 2.62. The molecule has 5 nitrogen and oxygen atoms in total. The van der Waals surface area contributed by atoms with Crippen LogP contribution in [-0.2, 0) is 5.41 Å². The van der Waals surface area contributed by atoms with Crippen molar-refractivity contribution in [3.63, 3.8) is 0 Å². The van der Waals surface area contributed by atoms with E-state index in [1.807, 2.05) is 36.4 Å². The molecule has 3 heterocycles. The highest BCUT2D eigenvalue weighted by Gasteiger charge is 2.51. The lowest BCUT2D eigenvalue weighted by Gasteiger charge is -2.39. The van der Waals surface area contributed by atoms with E-state index in [0.717, 1.165) is 83.4 Å². The predicted octanol–water partition coefficient (Wildman–Crippen LogP) is 14.4. The van der Waals surface area contributed by atoms with Crippen LogP contribution in [0.1, 0.15) is 22.3 Å². The number of benzene rings is 9. The molecule has 0 fully saturated rings. The predicted molar refractivity (Wildman–Crippen MR) is 257 cm³/mol. The van der Waals surface area contributed by atoms with E-state index in [4.69, 9.17) is 24.7 Å². The van der Waals surface area contributed by atoms with Crippen LogP contribution in [0, 0.1) is 0 Å². The summed E-state index contributed by atoms with van der Waals surface area (Å²) in [5.41, 5.74) is 14.3. The van der Waals surface area contributed by atoms with E-state index in [2.05, 4.69) is 182 Å². The second-order valence-corrected chi connectivity index (χ2v) is 16.5. The van der Waals surface area contributed by atoms with Crippen molar-refractivity contribution in [2.45, 2.75) is 5.41 Å². The lowest BCUT2D eigenvalue weighted by Crippen LogP contribution is -2.32. The second kappa shape index (κ2) is 14.3. The molecule has 11 aromatic rings. The van der Waals surface area contributed by atoms with Gasteiger partial charge in [-0.1, -0.05) is 182 Å². The lowest BCUT2D eigenvalue weighted by molar-refractivity contribution is 0.436. The van der Waals surface area contributed by atoms with Gasteiger partial charge in [-0.15, -0.1) is 0 Å². The summed E-state index contributed by atoms with van der Waals surface area (Å²) in [6, 6.07) is 76.7. The average molecular weight is 817 g/mol. The smallest absolute Gasteiger partial charge is 0.164 e. The monoisotopic (exact) mass is 816 g/mol. The summed E-state index contributed by atoms with van der Waals surface area (Å²) in [4.78, 5) is 20.9. The molecule has 0 amide bonds. The molecular formula is C59H36N4O. The normalized spacial score (nSPS) is 12.9. The first-order valence-corrected chi connectivity index (χ1v) is 21.6. The van der Waals surface area contributed by atoms with Gasteiger partial charge in [-0.3, -0.25) is 0 Å². The fraction of sp³-hybridized carbons (Fsp3) is 0.0169. The van der Waals surface area contributed by atoms with E-state index in [-0.39, 0.29) is 0 Å². The highest BCUT2D eigenvalue weighted by molar-refractivity contribution is 6.14. The van der Waals surface area contributed by atoms with Crippen LogP contribution in [0.3, 0.4) is 0 Å². The van der Waals surface area contributed by atoms with E-state index in [9.17, 15) is 0 Å². The highest BCUT2D eigenvalue weighted by atomic mass is 16.5. The van der Waals surface area contributed by atoms with Gasteiger partial charge in [0.05, 0.1) is 16.6 Å². The maximum atomic E-state index is 6.66. The van der Waals surface area contributed by atoms with Crippen molar-refractivity contribution >= 4 is 21.7 Å². The molecule has 2 aromatic heterocycles. The molecule has 0 N–H and O–H groups in total. The molecule has 0 bridgehead atoms. The molecule has 5 heteroatoms. The SMILES string of the molecule is c1ccc(-c2cccc(-c3nc(-c4ccccc4)nc(-c4ccc5c(c4)nc(-c4ccccc4)c4cc6c(cc45)C4(c5ccccc5Oc5ccccc54)c4ccccc4-6)n3)c2)cc1.